The molecule has 0 saturated carbocycles. The molecule has 3 unspecified atom stereocenters. The van der Waals surface area contributed by atoms with Crippen molar-refractivity contribution in [1.29, 1.82) is 0 Å². The van der Waals surface area contributed by atoms with Gasteiger partial charge in [-0.05, 0) is 63.9 Å². The fourth-order valence-corrected chi connectivity index (χ4v) is 3.17. The molecule has 0 aliphatic heterocycles. The van der Waals surface area contributed by atoms with Gasteiger partial charge in [0.1, 0.15) is 0 Å². The van der Waals surface area contributed by atoms with E-state index in [4.69, 9.17) is 0 Å². The first-order valence-electron chi connectivity index (χ1n) is 6.68. The van der Waals surface area contributed by atoms with Crippen LogP contribution in [0, 0.1) is 13.8 Å². The van der Waals surface area contributed by atoms with Crippen LogP contribution in [0.5, 0.6) is 0 Å². The lowest BCUT2D eigenvalue weighted by atomic mass is 10.1. The van der Waals surface area contributed by atoms with Gasteiger partial charge in [-0.25, -0.2) is 0 Å². The molecule has 102 valence electrons. The zero-order chi connectivity index (χ0) is 13.7. The van der Waals surface area contributed by atoms with E-state index >= 15 is 0 Å². The van der Waals surface area contributed by atoms with E-state index in [0.717, 1.165) is 17.9 Å². The number of benzene rings is 1. The first-order chi connectivity index (χ1) is 8.47. The minimum absolute atomic E-state index is 0.124. The maximum Gasteiger partial charge on any atom is 0.0573 e. The quantitative estimate of drug-likeness (QED) is 0.857. The molecule has 0 radical (unpaired) electrons. The van der Waals surface area contributed by atoms with Crippen LogP contribution >= 0.6 is 0 Å². The fourth-order valence-electron chi connectivity index (χ4n) is 1.78. The molecule has 0 amide bonds. The Labute approximate surface area is 114 Å². The summed E-state index contributed by atoms with van der Waals surface area (Å²) in [5.74, 6) is 0. The van der Waals surface area contributed by atoms with E-state index < -0.39 is 10.8 Å². The van der Waals surface area contributed by atoms with Gasteiger partial charge in [-0.2, -0.15) is 0 Å². The molecule has 1 rings (SSSR count). The Bertz CT molecular complexity index is 417. The zero-order valence-electron chi connectivity index (χ0n) is 12.1. The number of nitrogens with one attached hydrogen (secondary N) is 1. The summed E-state index contributed by atoms with van der Waals surface area (Å²) in [7, 11) is -0.943. The standard InChI is InChI=1S/C15H25NOS/c1-6-9-16-13(4)14(5)18(17)15-8-7-11(2)12(3)10-15/h7-8,10,13-14,16H,6,9H2,1-5H3. The van der Waals surface area contributed by atoms with Gasteiger partial charge in [0.05, 0.1) is 16.0 Å². The molecule has 0 aliphatic rings. The van der Waals surface area contributed by atoms with Crippen LogP contribution in [0.4, 0.5) is 0 Å². The number of rotatable bonds is 6. The Hall–Kier alpha value is -0.670. The largest absolute Gasteiger partial charge is 0.313 e. The van der Waals surface area contributed by atoms with Crippen LogP contribution in [0.1, 0.15) is 38.3 Å². The van der Waals surface area contributed by atoms with Gasteiger partial charge in [-0.15, -0.1) is 0 Å². The summed E-state index contributed by atoms with van der Waals surface area (Å²) in [6.45, 7) is 11.4. The van der Waals surface area contributed by atoms with Crippen molar-refractivity contribution in [3.05, 3.63) is 29.3 Å². The van der Waals surface area contributed by atoms with E-state index in [0.29, 0.717) is 0 Å². The monoisotopic (exact) mass is 267 g/mol. The Morgan fingerprint density at radius 2 is 1.89 bits per heavy atom. The highest BCUT2D eigenvalue weighted by Crippen LogP contribution is 2.17. The first kappa shape index (κ1) is 15.4. The Morgan fingerprint density at radius 1 is 1.22 bits per heavy atom. The van der Waals surface area contributed by atoms with Crippen molar-refractivity contribution in [2.24, 2.45) is 0 Å². The van der Waals surface area contributed by atoms with Crippen LogP contribution in [0.25, 0.3) is 0 Å². The van der Waals surface area contributed by atoms with Gasteiger partial charge in [0.15, 0.2) is 0 Å². The highest BCUT2D eigenvalue weighted by atomic mass is 32.2. The molecule has 1 aromatic carbocycles. The SMILES string of the molecule is CCCNC(C)C(C)S(=O)c1ccc(C)c(C)c1. The van der Waals surface area contributed by atoms with Crippen molar-refractivity contribution in [3.63, 3.8) is 0 Å². The maximum absolute atomic E-state index is 12.5. The summed E-state index contributed by atoms with van der Waals surface area (Å²) in [5.41, 5.74) is 2.46. The molecule has 0 bridgehead atoms. The minimum atomic E-state index is -0.943. The molecule has 18 heavy (non-hydrogen) atoms. The van der Waals surface area contributed by atoms with Crippen LogP contribution < -0.4 is 5.32 Å². The molecule has 0 spiro atoms. The normalized spacial score (nSPS) is 16.3. The van der Waals surface area contributed by atoms with Crippen LogP contribution in [0.2, 0.25) is 0 Å². The highest BCUT2D eigenvalue weighted by molar-refractivity contribution is 7.85. The molecule has 1 aromatic rings. The molecular weight excluding hydrogens is 242 g/mol. The van der Waals surface area contributed by atoms with Crippen molar-refractivity contribution in [3.8, 4) is 0 Å². The van der Waals surface area contributed by atoms with E-state index in [9.17, 15) is 4.21 Å². The van der Waals surface area contributed by atoms with E-state index in [1.807, 2.05) is 6.07 Å². The molecule has 3 heteroatoms. The van der Waals surface area contributed by atoms with Crippen molar-refractivity contribution in [2.75, 3.05) is 6.54 Å². The lowest BCUT2D eigenvalue weighted by Gasteiger charge is -2.21. The molecule has 0 fully saturated rings. The summed E-state index contributed by atoms with van der Waals surface area (Å²) >= 11 is 0. The lowest BCUT2D eigenvalue weighted by Crippen LogP contribution is -2.38. The van der Waals surface area contributed by atoms with Crippen molar-refractivity contribution >= 4 is 10.8 Å². The predicted molar refractivity (Wildman–Crippen MR) is 79.5 cm³/mol. The summed E-state index contributed by atoms with van der Waals surface area (Å²) in [6.07, 6.45) is 1.10. The predicted octanol–water partition coefficient (Wildman–Crippen LogP) is 3.19. The van der Waals surface area contributed by atoms with Gasteiger partial charge in [-0.1, -0.05) is 13.0 Å². The average Bonchev–Trinajstić information content (AvgIpc) is 2.37. The van der Waals surface area contributed by atoms with E-state index in [2.05, 4.69) is 52.1 Å². The minimum Gasteiger partial charge on any atom is -0.313 e. The van der Waals surface area contributed by atoms with Gasteiger partial charge in [-0.3, -0.25) is 4.21 Å². The van der Waals surface area contributed by atoms with Gasteiger partial charge < -0.3 is 5.32 Å². The van der Waals surface area contributed by atoms with E-state index in [1.165, 1.54) is 11.1 Å². The smallest absolute Gasteiger partial charge is 0.0573 e. The maximum atomic E-state index is 12.5. The zero-order valence-corrected chi connectivity index (χ0v) is 12.9. The molecular formula is C15H25NOS. The number of hydrogen-bond donors (Lipinski definition) is 1. The van der Waals surface area contributed by atoms with Crippen LogP contribution in [-0.2, 0) is 10.8 Å². The highest BCUT2D eigenvalue weighted by Gasteiger charge is 2.19. The molecule has 0 aliphatic carbocycles. The Kier molecular flexibility index (Phi) is 6.03. The number of hydrogen-bond acceptors (Lipinski definition) is 2. The third-order valence-corrected chi connectivity index (χ3v) is 5.27. The summed E-state index contributed by atoms with van der Waals surface area (Å²) in [6, 6.07) is 6.36. The summed E-state index contributed by atoms with van der Waals surface area (Å²) < 4.78 is 12.5. The van der Waals surface area contributed by atoms with Gasteiger partial charge in [0, 0.05) is 10.9 Å². The van der Waals surface area contributed by atoms with Crippen molar-refractivity contribution < 1.29 is 4.21 Å². The number of aryl methyl sites for hydroxylation is 2. The topological polar surface area (TPSA) is 29.1 Å². The van der Waals surface area contributed by atoms with Crippen LogP contribution in [-0.4, -0.2) is 22.0 Å². The fraction of sp³-hybridized carbons (Fsp3) is 0.600. The van der Waals surface area contributed by atoms with Crippen LogP contribution in [0.15, 0.2) is 23.1 Å². The van der Waals surface area contributed by atoms with Gasteiger partial charge >= 0.3 is 0 Å². The third-order valence-electron chi connectivity index (χ3n) is 3.47. The van der Waals surface area contributed by atoms with Gasteiger partial charge in [0.25, 0.3) is 0 Å². The second kappa shape index (κ2) is 7.05. The molecule has 0 aromatic heterocycles. The summed E-state index contributed by atoms with van der Waals surface area (Å²) in [5, 5.41) is 3.54. The summed E-state index contributed by atoms with van der Waals surface area (Å²) in [4.78, 5) is 0.941. The first-order valence-corrected chi connectivity index (χ1v) is 7.89. The Balaban J connectivity index is 2.76. The average molecular weight is 267 g/mol. The molecule has 0 saturated heterocycles. The van der Waals surface area contributed by atoms with E-state index in [1.54, 1.807) is 0 Å². The van der Waals surface area contributed by atoms with Crippen molar-refractivity contribution in [1.82, 2.24) is 5.32 Å². The second-order valence-corrected chi connectivity index (χ2v) is 6.80. The van der Waals surface area contributed by atoms with E-state index in [-0.39, 0.29) is 11.3 Å². The molecule has 0 heterocycles. The Morgan fingerprint density at radius 3 is 2.44 bits per heavy atom. The third kappa shape index (κ3) is 3.92. The van der Waals surface area contributed by atoms with Crippen LogP contribution in [0.3, 0.4) is 0 Å². The molecule has 3 atom stereocenters. The van der Waals surface area contributed by atoms with Crippen molar-refractivity contribution in [2.45, 2.75) is 57.2 Å². The lowest BCUT2D eigenvalue weighted by molar-refractivity contribution is 0.531. The van der Waals surface area contributed by atoms with Gasteiger partial charge in [0.2, 0.25) is 0 Å². The molecule has 2 nitrogen and oxygen atoms in total. The molecule has 1 N–H and O–H groups in total. The second-order valence-electron chi connectivity index (χ2n) is 4.99.